The fourth-order valence-corrected chi connectivity index (χ4v) is 3.33. The topological polar surface area (TPSA) is 9.23 Å². The number of benzene rings is 2. The molecule has 0 atom stereocenters. The van der Waals surface area contributed by atoms with E-state index in [4.69, 9.17) is 4.74 Å². The average Bonchev–Trinajstić information content (AvgIpc) is 2.97. The van der Waals surface area contributed by atoms with Gasteiger partial charge in [-0.25, -0.2) is 4.39 Å². The third-order valence-electron chi connectivity index (χ3n) is 3.48. The molecule has 3 aromatic rings. The third-order valence-corrected chi connectivity index (χ3v) is 4.49. The Kier molecular flexibility index (Phi) is 4.98. The summed E-state index contributed by atoms with van der Waals surface area (Å²) in [6, 6.07) is 13.1. The van der Waals surface area contributed by atoms with Crippen molar-refractivity contribution in [3.05, 3.63) is 70.4 Å². The average molecular weight is 336 g/mol. The van der Waals surface area contributed by atoms with Gasteiger partial charge in [0.2, 0.25) is 0 Å². The molecule has 0 saturated heterocycles. The summed E-state index contributed by atoms with van der Waals surface area (Å²) < 4.78 is 20.7. The van der Waals surface area contributed by atoms with Gasteiger partial charge in [0.25, 0.3) is 0 Å². The first-order valence-electron chi connectivity index (χ1n) is 7.80. The number of thiophene rings is 1. The van der Waals surface area contributed by atoms with Gasteiger partial charge in [-0.1, -0.05) is 30.1 Å². The molecule has 120 valence electrons. The number of ether oxygens (including phenoxy) is 1. The van der Waals surface area contributed by atoms with E-state index >= 15 is 0 Å². The predicted molar refractivity (Wildman–Crippen MR) is 100 cm³/mol. The van der Waals surface area contributed by atoms with E-state index in [0.29, 0.717) is 12.2 Å². The number of hydrogen-bond donors (Lipinski definition) is 0. The van der Waals surface area contributed by atoms with E-state index in [0.717, 1.165) is 26.3 Å². The van der Waals surface area contributed by atoms with E-state index in [9.17, 15) is 4.39 Å². The van der Waals surface area contributed by atoms with Crippen molar-refractivity contribution in [2.45, 2.75) is 13.8 Å². The van der Waals surface area contributed by atoms with E-state index in [1.165, 1.54) is 6.07 Å². The number of rotatable bonds is 3. The predicted octanol–water partition coefficient (Wildman–Crippen LogP) is 5.87. The summed E-state index contributed by atoms with van der Waals surface area (Å²) in [5.74, 6) is 6.56. The molecule has 0 amide bonds. The number of allylic oxidation sites excluding steroid dienone is 1. The summed E-state index contributed by atoms with van der Waals surface area (Å²) in [7, 11) is 0. The summed E-state index contributed by atoms with van der Waals surface area (Å²) in [4.78, 5) is 0.913. The maximum absolute atomic E-state index is 14.1. The van der Waals surface area contributed by atoms with Gasteiger partial charge in [-0.15, -0.1) is 11.3 Å². The SMILES string of the molecule is C/C=C/c1ccc(C#Cc2cc3ccc(OCC)cc3s2)c(F)c1. The molecule has 0 unspecified atom stereocenters. The standard InChI is InChI=1S/C21H17FOS/c1-3-5-15-6-7-16(20(22)12-15)9-11-19-13-17-8-10-18(23-4-2)14-21(17)24-19/h3,5-8,10,12-14H,4H2,1-2H3/b5-3+. The maximum atomic E-state index is 14.1. The van der Waals surface area contributed by atoms with Crippen molar-refractivity contribution >= 4 is 27.5 Å². The highest BCUT2D eigenvalue weighted by Gasteiger charge is 2.03. The van der Waals surface area contributed by atoms with Crippen LogP contribution in [0.2, 0.25) is 0 Å². The number of hydrogen-bond acceptors (Lipinski definition) is 2. The molecule has 1 heterocycles. The summed E-state index contributed by atoms with van der Waals surface area (Å²) in [6.07, 6.45) is 3.75. The van der Waals surface area contributed by atoms with Crippen molar-refractivity contribution in [1.82, 2.24) is 0 Å². The fourth-order valence-electron chi connectivity index (χ4n) is 2.39. The fraction of sp³-hybridized carbons (Fsp3) is 0.143. The van der Waals surface area contributed by atoms with Gasteiger partial charge in [-0.05, 0) is 61.2 Å². The van der Waals surface area contributed by atoms with Crippen LogP contribution in [0.5, 0.6) is 5.75 Å². The second-order valence-corrected chi connectivity index (χ2v) is 6.32. The van der Waals surface area contributed by atoms with Gasteiger partial charge >= 0.3 is 0 Å². The van der Waals surface area contributed by atoms with Crippen molar-refractivity contribution < 1.29 is 9.13 Å². The molecule has 3 heteroatoms. The minimum absolute atomic E-state index is 0.294. The Balaban J connectivity index is 1.89. The lowest BCUT2D eigenvalue weighted by Crippen LogP contribution is -1.89. The lowest BCUT2D eigenvalue weighted by molar-refractivity contribution is 0.341. The molecule has 0 radical (unpaired) electrons. The van der Waals surface area contributed by atoms with Crippen LogP contribution < -0.4 is 4.74 Å². The van der Waals surface area contributed by atoms with Crippen LogP contribution in [0.1, 0.15) is 29.9 Å². The molecule has 2 aromatic carbocycles. The number of fused-ring (bicyclic) bond motifs is 1. The first-order valence-corrected chi connectivity index (χ1v) is 8.62. The lowest BCUT2D eigenvalue weighted by Gasteiger charge is -2.01. The molecule has 1 nitrogen and oxygen atoms in total. The Hall–Kier alpha value is -2.57. The van der Waals surface area contributed by atoms with E-state index in [-0.39, 0.29) is 5.82 Å². The molecule has 3 rings (SSSR count). The van der Waals surface area contributed by atoms with Crippen molar-refractivity contribution in [2.75, 3.05) is 6.61 Å². The Bertz CT molecular complexity index is 957. The molecule has 0 aliphatic carbocycles. The van der Waals surface area contributed by atoms with Crippen molar-refractivity contribution in [3.63, 3.8) is 0 Å². The maximum Gasteiger partial charge on any atom is 0.139 e. The Morgan fingerprint density at radius 3 is 2.75 bits per heavy atom. The zero-order chi connectivity index (χ0) is 16.9. The third kappa shape index (κ3) is 3.67. The van der Waals surface area contributed by atoms with Gasteiger partial charge in [0.1, 0.15) is 11.6 Å². The summed E-state index contributed by atoms with van der Waals surface area (Å²) >= 11 is 1.59. The molecule has 1 aromatic heterocycles. The Morgan fingerprint density at radius 2 is 2.00 bits per heavy atom. The Morgan fingerprint density at radius 1 is 1.12 bits per heavy atom. The van der Waals surface area contributed by atoms with Gasteiger partial charge < -0.3 is 4.74 Å². The van der Waals surface area contributed by atoms with E-state index < -0.39 is 0 Å². The Labute approximate surface area is 145 Å². The molecule has 0 saturated carbocycles. The zero-order valence-corrected chi connectivity index (χ0v) is 14.4. The van der Waals surface area contributed by atoms with Crippen LogP contribution >= 0.6 is 11.3 Å². The van der Waals surface area contributed by atoms with Crippen molar-refractivity contribution in [3.8, 4) is 17.6 Å². The van der Waals surface area contributed by atoms with E-state index in [1.54, 1.807) is 17.4 Å². The quantitative estimate of drug-likeness (QED) is 0.543. The largest absolute Gasteiger partial charge is 0.494 e. The van der Waals surface area contributed by atoms with Crippen LogP contribution in [0.25, 0.3) is 16.2 Å². The summed E-state index contributed by atoms with van der Waals surface area (Å²) in [6.45, 7) is 4.52. The van der Waals surface area contributed by atoms with Crippen LogP contribution in [-0.2, 0) is 0 Å². The molecular weight excluding hydrogens is 319 g/mol. The molecule has 0 aliphatic heterocycles. The molecule has 0 spiro atoms. The normalized spacial score (nSPS) is 10.8. The highest BCUT2D eigenvalue weighted by atomic mass is 32.1. The van der Waals surface area contributed by atoms with Crippen LogP contribution in [0.3, 0.4) is 0 Å². The van der Waals surface area contributed by atoms with E-state index in [2.05, 4.69) is 11.8 Å². The first-order chi connectivity index (χ1) is 11.7. The van der Waals surface area contributed by atoms with Crippen LogP contribution in [-0.4, -0.2) is 6.61 Å². The smallest absolute Gasteiger partial charge is 0.139 e. The monoisotopic (exact) mass is 336 g/mol. The summed E-state index contributed by atoms with van der Waals surface area (Å²) in [5.41, 5.74) is 1.25. The van der Waals surface area contributed by atoms with Crippen LogP contribution in [0.4, 0.5) is 4.39 Å². The van der Waals surface area contributed by atoms with E-state index in [1.807, 2.05) is 56.3 Å². The highest BCUT2D eigenvalue weighted by molar-refractivity contribution is 7.19. The molecule has 0 bridgehead atoms. The summed E-state index contributed by atoms with van der Waals surface area (Å²) in [5, 5.41) is 1.12. The highest BCUT2D eigenvalue weighted by Crippen LogP contribution is 2.28. The van der Waals surface area contributed by atoms with Gasteiger partial charge in [0.15, 0.2) is 0 Å². The lowest BCUT2D eigenvalue weighted by atomic mass is 10.1. The zero-order valence-electron chi connectivity index (χ0n) is 13.6. The van der Waals surface area contributed by atoms with Gasteiger partial charge in [-0.2, -0.15) is 0 Å². The minimum Gasteiger partial charge on any atom is -0.494 e. The van der Waals surface area contributed by atoms with Crippen LogP contribution in [0.15, 0.2) is 48.5 Å². The van der Waals surface area contributed by atoms with Crippen molar-refractivity contribution in [2.24, 2.45) is 0 Å². The number of halogens is 1. The molecule has 0 aliphatic rings. The molecule has 0 fully saturated rings. The molecule has 24 heavy (non-hydrogen) atoms. The van der Waals surface area contributed by atoms with Crippen LogP contribution in [0, 0.1) is 17.7 Å². The van der Waals surface area contributed by atoms with Gasteiger partial charge in [-0.3, -0.25) is 0 Å². The second kappa shape index (κ2) is 7.33. The van der Waals surface area contributed by atoms with Crippen molar-refractivity contribution in [1.29, 1.82) is 0 Å². The molecular formula is C21H17FOS. The minimum atomic E-state index is -0.294. The molecule has 0 N–H and O–H groups in total. The second-order valence-electron chi connectivity index (χ2n) is 5.23. The first kappa shape index (κ1) is 16.3. The van der Waals surface area contributed by atoms with Gasteiger partial charge in [0, 0.05) is 4.70 Å². The van der Waals surface area contributed by atoms with Gasteiger partial charge in [0.05, 0.1) is 17.0 Å².